The van der Waals surface area contributed by atoms with Crippen molar-refractivity contribution in [1.29, 1.82) is 0 Å². The van der Waals surface area contributed by atoms with Crippen LogP contribution in [-0.4, -0.2) is 19.1 Å². The van der Waals surface area contributed by atoms with Crippen molar-refractivity contribution in [3.05, 3.63) is 29.8 Å². The van der Waals surface area contributed by atoms with Gasteiger partial charge in [0.1, 0.15) is 5.75 Å². The molecule has 2 rings (SSSR count). The summed E-state index contributed by atoms with van der Waals surface area (Å²) in [5, 5.41) is 0. The van der Waals surface area contributed by atoms with Crippen LogP contribution in [0.3, 0.4) is 0 Å². The van der Waals surface area contributed by atoms with Crippen LogP contribution in [0.5, 0.6) is 5.75 Å². The number of hydrogen-bond acceptors (Lipinski definition) is 3. The van der Waals surface area contributed by atoms with E-state index < -0.39 is 12.4 Å². The molecular formula is C14H18F3NO2. The van der Waals surface area contributed by atoms with Crippen LogP contribution in [-0.2, 0) is 4.74 Å². The van der Waals surface area contributed by atoms with Gasteiger partial charge in [0.05, 0.1) is 12.1 Å². The molecule has 0 aliphatic heterocycles. The Kier molecular flexibility index (Phi) is 4.55. The molecule has 0 spiro atoms. The third-order valence-corrected chi connectivity index (χ3v) is 3.30. The lowest BCUT2D eigenvalue weighted by Gasteiger charge is -2.25. The molecule has 2 N–H and O–H groups in total. The summed E-state index contributed by atoms with van der Waals surface area (Å²) in [5.74, 6) is 0.0711. The minimum atomic E-state index is -4.73. The average molecular weight is 289 g/mol. The summed E-state index contributed by atoms with van der Waals surface area (Å²) >= 11 is 0. The zero-order chi connectivity index (χ0) is 14.8. The highest BCUT2D eigenvalue weighted by Gasteiger charge is 2.38. The fraction of sp³-hybridized carbons (Fsp3) is 0.571. The number of nitrogens with two attached hydrogens (primary N) is 1. The van der Waals surface area contributed by atoms with Gasteiger partial charge in [-0.1, -0.05) is 18.2 Å². The van der Waals surface area contributed by atoms with E-state index in [1.807, 2.05) is 6.92 Å². The molecule has 20 heavy (non-hydrogen) atoms. The molecule has 0 saturated heterocycles. The molecule has 1 fully saturated rings. The summed E-state index contributed by atoms with van der Waals surface area (Å²) in [6.45, 7) is 2.33. The molecule has 1 saturated carbocycles. The quantitative estimate of drug-likeness (QED) is 0.873. The summed E-state index contributed by atoms with van der Waals surface area (Å²) < 4.78 is 46.9. The first-order valence-electron chi connectivity index (χ1n) is 6.64. The highest BCUT2D eigenvalue weighted by atomic mass is 19.4. The van der Waals surface area contributed by atoms with Gasteiger partial charge in [-0.15, -0.1) is 13.2 Å². The second kappa shape index (κ2) is 6.01. The SMILES string of the molecule is CCOC(C1CC1)C(N)c1ccccc1OC(F)(F)F. The van der Waals surface area contributed by atoms with Gasteiger partial charge in [0, 0.05) is 12.2 Å². The Morgan fingerprint density at radius 1 is 1.30 bits per heavy atom. The van der Waals surface area contributed by atoms with Crippen molar-refractivity contribution in [3.63, 3.8) is 0 Å². The Hall–Kier alpha value is -1.27. The highest BCUT2D eigenvalue weighted by molar-refractivity contribution is 5.36. The molecule has 0 bridgehead atoms. The lowest BCUT2D eigenvalue weighted by Crippen LogP contribution is -2.32. The Morgan fingerprint density at radius 2 is 1.95 bits per heavy atom. The van der Waals surface area contributed by atoms with Crippen molar-refractivity contribution in [2.75, 3.05) is 6.61 Å². The fourth-order valence-corrected chi connectivity index (χ4v) is 2.30. The van der Waals surface area contributed by atoms with Crippen LogP contribution >= 0.6 is 0 Å². The maximum Gasteiger partial charge on any atom is 0.573 e. The maximum atomic E-state index is 12.4. The molecular weight excluding hydrogens is 271 g/mol. The van der Waals surface area contributed by atoms with E-state index in [0.29, 0.717) is 18.1 Å². The molecule has 0 amide bonds. The number of halogens is 3. The van der Waals surface area contributed by atoms with E-state index in [4.69, 9.17) is 10.5 Å². The first-order valence-corrected chi connectivity index (χ1v) is 6.64. The largest absolute Gasteiger partial charge is 0.573 e. The van der Waals surface area contributed by atoms with Gasteiger partial charge in [-0.25, -0.2) is 0 Å². The molecule has 2 unspecified atom stereocenters. The van der Waals surface area contributed by atoms with Gasteiger partial charge in [-0.2, -0.15) is 0 Å². The van der Waals surface area contributed by atoms with E-state index in [1.165, 1.54) is 12.1 Å². The van der Waals surface area contributed by atoms with Gasteiger partial charge in [0.25, 0.3) is 0 Å². The molecule has 3 nitrogen and oxygen atoms in total. The zero-order valence-corrected chi connectivity index (χ0v) is 11.2. The van der Waals surface area contributed by atoms with Gasteiger partial charge >= 0.3 is 6.36 Å². The molecule has 0 radical (unpaired) electrons. The summed E-state index contributed by atoms with van der Waals surface area (Å²) in [4.78, 5) is 0. The Morgan fingerprint density at radius 3 is 2.50 bits per heavy atom. The number of para-hydroxylation sites is 1. The van der Waals surface area contributed by atoms with Crippen LogP contribution < -0.4 is 10.5 Å². The smallest absolute Gasteiger partial charge is 0.405 e. The minimum Gasteiger partial charge on any atom is -0.405 e. The third kappa shape index (κ3) is 3.86. The molecule has 1 aliphatic rings. The molecule has 2 atom stereocenters. The van der Waals surface area contributed by atoms with Crippen molar-refractivity contribution in [1.82, 2.24) is 0 Å². The summed E-state index contributed by atoms with van der Waals surface area (Å²) in [6, 6.07) is 5.35. The standard InChI is InChI=1S/C14H18F3NO2/c1-2-19-13(9-7-8-9)12(18)10-5-3-4-6-11(10)20-14(15,16)17/h3-6,9,12-13H,2,7-8,18H2,1H3. The molecule has 6 heteroatoms. The van der Waals surface area contributed by atoms with Crippen molar-refractivity contribution < 1.29 is 22.6 Å². The lowest BCUT2D eigenvalue weighted by molar-refractivity contribution is -0.275. The first-order chi connectivity index (χ1) is 9.42. The van der Waals surface area contributed by atoms with Gasteiger partial charge in [0.2, 0.25) is 0 Å². The maximum absolute atomic E-state index is 12.4. The van der Waals surface area contributed by atoms with E-state index >= 15 is 0 Å². The molecule has 1 aliphatic carbocycles. The second-order valence-corrected chi connectivity index (χ2v) is 4.87. The van der Waals surface area contributed by atoms with Crippen LogP contribution in [0.15, 0.2) is 24.3 Å². The van der Waals surface area contributed by atoms with Crippen molar-refractivity contribution >= 4 is 0 Å². The van der Waals surface area contributed by atoms with Crippen molar-refractivity contribution in [2.45, 2.75) is 38.3 Å². The van der Waals surface area contributed by atoms with E-state index in [2.05, 4.69) is 4.74 Å². The molecule has 1 aromatic rings. The van der Waals surface area contributed by atoms with Crippen molar-refractivity contribution in [2.24, 2.45) is 11.7 Å². The van der Waals surface area contributed by atoms with Crippen molar-refractivity contribution in [3.8, 4) is 5.75 Å². The van der Waals surface area contributed by atoms with Gasteiger partial charge < -0.3 is 15.2 Å². The normalized spacial score (nSPS) is 18.6. The van der Waals surface area contributed by atoms with E-state index in [-0.39, 0.29) is 11.9 Å². The van der Waals surface area contributed by atoms with E-state index in [0.717, 1.165) is 12.8 Å². The fourth-order valence-electron chi connectivity index (χ4n) is 2.30. The van der Waals surface area contributed by atoms with Crippen LogP contribution in [0.25, 0.3) is 0 Å². The number of ether oxygens (including phenoxy) is 2. The lowest BCUT2D eigenvalue weighted by atomic mass is 9.98. The van der Waals surface area contributed by atoms with Gasteiger partial charge in [-0.3, -0.25) is 0 Å². The van der Waals surface area contributed by atoms with Crippen LogP contribution in [0, 0.1) is 5.92 Å². The second-order valence-electron chi connectivity index (χ2n) is 4.87. The summed E-state index contributed by atoms with van der Waals surface area (Å²) in [5.41, 5.74) is 6.44. The molecule has 112 valence electrons. The summed E-state index contributed by atoms with van der Waals surface area (Å²) in [7, 11) is 0. The zero-order valence-electron chi connectivity index (χ0n) is 11.2. The third-order valence-electron chi connectivity index (χ3n) is 3.30. The van der Waals surface area contributed by atoms with E-state index in [1.54, 1.807) is 12.1 Å². The minimum absolute atomic E-state index is 0.252. The van der Waals surface area contributed by atoms with E-state index in [9.17, 15) is 13.2 Å². The highest BCUT2D eigenvalue weighted by Crippen LogP contribution is 2.41. The number of benzene rings is 1. The predicted octanol–water partition coefficient (Wildman–Crippen LogP) is 3.40. The monoisotopic (exact) mass is 289 g/mol. The molecule has 1 aromatic carbocycles. The van der Waals surface area contributed by atoms with Crippen LogP contribution in [0.4, 0.5) is 13.2 Å². The molecule has 0 aromatic heterocycles. The Labute approximate surface area is 115 Å². The van der Waals surface area contributed by atoms with Crippen LogP contribution in [0.1, 0.15) is 31.4 Å². The number of rotatable bonds is 6. The topological polar surface area (TPSA) is 44.5 Å². The van der Waals surface area contributed by atoms with Gasteiger partial charge in [0.15, 0.2) is 0 Å². The Bertz CT molecular complexity index is 446. The first kappa shape index (κ1) is 15.1. The average Bonchev–Trinajstić information content (AvgIpc) is 3.18. The predicted molar refractivity (Wildman–Crippen MR) is 68.2 cm³/mol. The summed E-state index contributed by atoms with van der Waals surface area (Å²) in [6.07, 6.45) is -2.99. The number of alkyl halides is 3. The number of hydrogen-bond donors (Lipinski definition) is 1. The molecule has 0 heterocycles. The van der Waals surface area contributed by atoms with Gasteiger partial charge in [-0.05, 0) is 31.7 Å². The Balaban J connectivity index is 2.21. The van der Waals surface area contributed by atoms with Crippen LogP contribution in [0.2, 0.25) is 0 Å².